The first-order valence-electron chi connectivity index (χ1n) is 7.46. The minimum absolute atomic E-state index is 0.0343. The summed E-state index contributed by atoms with van der Waals surface area (Å²) in [7, 11) is 0. The molecule has 0 heterocycles. The Kier molecular flexibility index (Phi) is 6.48. The zero-order chi connectivity index (χ0) is 16.3. The van der Waals surface area contributed by atoms with E-state index in [1.165, 1.54) is 13.0 Å². The Morgan fingerprint density at radius 1 is 0.783 bits per heavy atom. The monoisotopic (exact) mass is 301 g/mol. The van der Waals surface area contributed by atoms with Crippen LogP contribution < -0.4 is 0 Å². The van der Waals surface area contributed by atoms with Crippen LogP contribution >= 0.6 is 0 Å². The van der Waals surface area contributed by atoms with Gasteiger partial charge < -0.3 is 0 Å². The van der Waals surface area contributed by atoms with Crippen molar-refractivity contribution in [1.82, 2.24) is 0 Å². The van der Waals surface area contributed by atoms with Crippen molar-refractivity contribution in [3.05, 3.63) is 108 Å². The average molecular weight is 301 g/mol. The summed E-state index contributed by atoms with van der Waals surface area (Å²) in [5.41, 5.74) is 3.07. The summed E-state index contributed by atoms with van der Waals surface area (Å²) in [6.07, 6.45) is 10.5. The van der Waals surface area contributed by atoms with E-state index in [0.717, 1.165) is 16.8 Å². The molecule has 0 aromatic heterocycles. The summed E-state index contributed by atoms with van der Waals surface area (Å²) >= 11 is 0. The summed E-state index contributed by atoms with van der Waals surface area (Å²) in [5.74, 6) is 0.0343. The second-order valence-electron chi connectivity index (χ2n) is 4.91. The fourth-order valence-corrected chi connectivity index (χ4v) is 1.99. The molecule has 0 aliphatic rings. The highest BCUT2D eigenvalue weighted by molar-refractivity contribution is 6.13. The molecule has 0 bridgehead atoms. The minimum atomic E-state index is 0.0343. The van der Waals surface area contributed by atoms with Gasteiger partial charge in [-0.05, 0) is 19.1 Å². The number of ketones is 1. The third-order valence-corrected chi connectivity index (χ3v) is 3.05. The lowest BCUT2D eigenvalue weighted by molar-refractivity contribution is -0.112. The van der Waals surface area contributed by atoms with Crippen LogP contribution in [0.5, 0.6) is 0 Å². The van der Waals surface area contributed by atoms with E-state index in [0.29, 0.717) is 0 Å². The standard InChI is InChI=1S/C21H19NO/c1-18(23)12-6-2-3-11-17-22-21(19-13-7-4-8-14-19)20-15-9-5-10-16-20/h2-17H,1H3/b3-2-,12-6-,17-11-. The summed E-state index contributed by atoms with van der Waals surface area (Å²) in [6.45, 7) is 1.52. The molecule has 114 valence electrons. The van der Waals surface area contributed by atoms with Crippen molar-refractivity contribution in [1.29, 1.82) is 0 Å². The topological polar surface area (TPSA) is 29.4 Å². The molecule has 2 aromatic carbocycles. The van der Waals surface area contributed by atoms with Gasteiger partial charge in [0.05, 0.1) is 5.71 Å². The first-order chi connectivity index (χ1) is 11.3. The van der Waals surface area contributed by atoms with Gasteiger partial charge in [0.15, 0.2) is 5.78 Å². The van der Waals surface area contributed by atoms with E-state index in [4.69, 9.17) is 0 Å². The summed E-state index contributed by atoms with van der Waals surface area (Å²) in [4.78, 5) is 15.4. The fourth-order valence-electron chi connectivity index (χ4n) is 1.99. The van der Waals surface area contributed by atoms with Gasteiger partial charge in [0.25, 0.3) is 0 Å². The average Bonchev–Trinajstić information content (AvgIpc) is 2.59. The van der Waals surface area contributed by atoms with Gasteiger partial charge in [-0.2, -0.15) is 0 Å². The third kappa shape index (κ3) is 5.71. The summed E-state index contributed by atoms with van der Waals surface area (Å²) in [5, 5.41) is 0. The Bertz CT molecular complexity index is 696. The van der Waals surface area contributed by atoms with E-state index in [1.54, 1.807) is 18.4 Å². The lowest BCUT2D eigenvalue weighted by atomic mass is 10.0. The molecular weight excluding hydrogens is 282 g/mol. The lowest BCUT2D eigenvalue weighted by Crippen LogP contribution is -2.02. The van der Waals surface area contributed by atoms with Crippen molar-refractivity contribution < 1.29 is 4.79 Å². The molecule has 2 heteroatoms. The number of rotatable bonds is 6. The second kappa shape index (κ2) is 9.11. The Morgan fingerprint density at radius 3 is 1.83 bits per heavy atom. The van der Waals surface area contributed by atoms with Crippen LogP contribution in [0.2, 0.25) is 0 Å². The predicted octanol–water partition coefficient (Wildman–Crippen LogP) is 4.74. The lowest BCUT2D eigenvalue weighted by Gasteiger charge is -2.05. The molecule has 0 spiro atoms. The van der Waals surface area contributed by atoms with Crippen LogP contribution in [0, 0.1) is 0 Å². The van der Waals surface area contributed by atoms with E-state index in [1.807, 2.05) is 72.8 Å². The van der Waals surface area contributed by atoms with Crippen LogP contribution in [-0.4, -0.2) is 11.5 Å². The number of nitrogens with zero attached hydrogens (tertiary/aromatic N) is 1. The molecule has 0 aliphatic heterocycles. The third-order valence-electron chi connectivity index (χ3n) is 3.05. The van der Waals surface area contributed by atoms with E-state index >= 15 is 0 Å². The molecule has 0 saturated heterocycles. The first-order valence-corrected chi connectivity index (χ1v) is 7.46. The molecule has 0 unspecified atom stereocenters. The fraction of sp³-hybridized carbons (Fsp3) is 0.0476. The molecule has 0 saturated carbocycles. The molecule has 0 aliphatic carbocycles. The predicted molar refractivity (Wildman–Crippen MR) is 96.6 cm³/mol. The van der Waals surface area contributed by atoms with E-state index in [-0.39, 0.29) is 5.78 Å². The number of hydrogen-bond acceptors (Lipinski definition) is 2. The van der Waals surface area contributed by atoms with Crippen molar-refractivity contribution in [2.75, 3.05) is 0 Å². The maximum atomic E-state index is 10.8. The van der Waals surface area contributed by atoms with Crippen molar-refractivity contribution in [2.45, 2.75) is 6.92 Å². The molecule has 2 aromatic rings. The summed E-state index contributed by atoms with van der Waals surface area (Å²) in [6, 6.07) is 20.2. The largest absolute Gasteiger partial charge is 0.295 e. The Hall–Kier alpha value is -3.00. The van der Waals surface area contributed by atoms with Gasteiger partial charge in [0.1, 0.15) is 0 Å². The number of allylic oxidation sites excluding steroid dienone is 5. The number of carbonyl (C=O) groups is 1. The van der Waals surface area contributed by atoms with Crippen molar-refractivity contribution in [3.63, 3.8) is 0 Å². The zero-order valence-electron chi connectivity index (χ0n) is 13.1. The van der Waals surface area contributed by atoms with Gasteiger partial charge in [-0.3, -0.25) is 9.79 Å². The van der Waals surface area contributed by atoms with Gasteiger partial charge in [-0.25, -0.2) is 0 Å². The van der Waals surface area contributed by atoms with Crippen LogP contribution in [-0.2, 0) is 4.79 Å². The number of aliphatic imine (C=N–C) groups is 1. The highest BCUT2D eigenvalue weighted by Crippen LogP contribution is 2.11. The number of carbonyl (C=O) groups excluding carboxylic acids is 1. The van der Waals surface area contributed by atoms with Gasteiger partial charge >= 0.3 is 0 Å². The molecule has 0 atom stereocenters. The molecule has 2 rings (SSSR count). The van der Waals surface area contributed by atoms with Crippen molar-refractivity contribution in [2.24, 2.45) is 4.99 Å². The van der Waals surface area contributed by atoms with E-state index < -0.39 is 0 Å². The van der Waals surface area contributed by atoms with Crippen LogP contribution in [0.4, 0.5) is 0 Å². The van der Waals surface area contributed by atoms with Crippen LogP contribution in [0.3, 0.4) is 0 Å². The van der Waals surface area contributed by atoms with Gasteiger partial charge in [0.2, 0.25) is 0 Å². The highest BCUT2D eigenvalue weighted by atomic mass is 16.1. The smallest absolute Gasteiger partial charge is 0.152 e. The molecule has 0 fully saturated rings. The maximum Gasteiger partial charge on any atom is 0.152 e. The van der Waals surface area contributed by atoms with Gasteiger partial charge in [-0.1, -0.05) is 78.9 Å². The molecule has 2 nitrogen and oxygen atoms in total. The van der Waals surface area contributed by atoms with Crippen LogP contribution in [0.1, 0.15) is 18.1 Å². The first kappa shape index (κ1) is 16.4. The van der Waals surface area contributed by atoms with Crippen LogP contribution in [0.15, 0.2) is 102 Å². The maximum absolute atomic E-state index is 10.8. The quantitative estimate of drug-likeness (QED) is 0.430. The molecular formula is C21H19NO. The molecule has 0 amide bonds. The van der Waals surface area contributed by atoms with Gasteiger partial charge in [-0.15, -0.1) is 0 Å². The number of hydrogen-bond donors (Lipinski definition) is 0. The van der Waals surface area contributed by atoms with Gasteiger partial charge in [0, 0.05) is 17.3 Å². The minimum Gasteiger partial charge on any atom is -0.295 e. The van der Waals surface area contributed by atoms with Crippen molar-refractivity contribution >= 4 is 11.5 Å². The zero-order valence-corrected chi connectivity index (χ0v) is 13.1. The molecule has 23 heavy (non-hydrogen) atoms. The van der Waals surface area contributed by atoms with Crippen molar-refractivity contribution in [3.8, 4) is 0 Å². The second-order valence-corrected chi connectivity index (χ2v) is 4.91. The Morgan fingerprint density at radius 2 is 1.30 bits per heavy atom. The van der Waals surface area contributed by atoms with E-state index in [9.17, 15) is 4.79 Å². The molecule has 0 N–H and O–H groups in total. The Labute approximate surface area is 137 Å². The highest BCUT2D eigenvalue weighted by Gasteiger charge is 2.04. The van der Waals surface area contributed by atoms with Crippen LogP contribution in [0.25, 0.3) is 0 Å². The Balaban J connectivity index is 2.20. The normalized spacial score (nSPS) is 11.3. The van der Waals surface area contributed by atoms with E-state index in [2.05, 4.69) is 4.99 Å². The number of benzene rings is 2. The molecule has 0 radical (unpaired) electrons. The summed E-state index contributed by atoms with van der Waals surface area (Å²) < 4.78 is 0. The SMILES string of the molecule is CC(=O)\C=C/C=C\C=C/N=C(c1ccccc1)c1ccccc1.